The zero-order valence-corrected chi connectivity index (χ0v) is 10.7. The normalized spacial score (nSPS) is 10.7. The number of nitrogens with zero attached hydrogens (tertiary/aromatic N) is 2. The standard InChI is InChI=1S/C14H19N3O/c1-12-16-14(17-18-12)11-15-10-6-5-9-13-7-3-2-4-8-13/h2-4,7-8,15H,5-6,9-11H2,1H3. The molecule has 1 heterocycles. The third-order valence-corrected chi connectivity index (χ3v) is 2.76. The molecule has 0 aliphatic carbocycles. The van der Waals surface area contributed by atoms with E-state index in [-0.39, 0.29) is 0 Å². The molecule has 4 heteroatoms. The van der Waals surface area contributed by atoms with Gasteiger partial charge in [-0.25, -0.2) is 0 Å². The van der Waals surface area contributed by atoms with Crippen molar-refractivity contribution in [2.24, 2.45) is 0 Å². The second-order valence-electron chi connectivity index (χ2n) is 4.35. The van der Waals surface area contributed by atoms with Crippen molar-refractivity contribution >= 4 is 0 Å². The van der Waals surface area contributed by atoms with Gasteiger partial charge in [-0.15, -0.1) is 0 Å². The minimum absolute atomic E-state index is 0.621. The summed E-state index contributed by atoms with van der Waals surface area (Å²) in [5.74, 6) is 1.35. The number of nitrogens with one attached hydrogen (secondary N) is 1. The maximum Gasteiger partial charge on any atom is 0.223 e. The molecular formula is C14H19N3O. The second-order valence-corrected chi connectivity index (χ2v) is 4.35. The predicted octanol–water partition coefficient (Wildman–Crippen LogP) is 2.49. The molecule has 0 fully saturated rings. The van der Waals surface area contributed by atoms with Crippen LogP contribution < -0.4 is 5.32 Å². The summed E-state index contributed by atoms with van der Waals surface area (Å²) in [7, 11) is 0. The van der Waals surface area contributed by atoms with E-state index in [0.717, 1.165) is 25.2 Å². The molecule has 0 amide bonds. The van der Waals surface area contributed by atoms with Crippen LogP contribution in [0.5, 0.6) is 0 Å². The van der Waals surface area contributed by atoms with E-state index in [4.69, 9.17) is 4.52 Å². The van der Waals surface area contributed by atoms with Crippen LogP contribution >= 0.6 is 0 Å². The Bertz CT molecular complexity index is 453. The maximum absolute atomic E-state index is 4.90. The van der Waals surface area contributed by atoms with Crippen LogP contribution in [0.3, 0.4) is 0 Å². The molecule has 0 saturated carbocycles. The van der Waals surface area contributed by atoms with Crippen molar-refractivity contribution in [3.05, 3.63) is 47.6 Å². The number of benzene rings is 1. The molecule has 4 nitrogen and oxygen atoms in total. The molecule has 0 aliphatic heterocycles. The van der Waals surface area contributed by atoms with Gasteiger partial charge in [-0.1, -0.05) is 35.5 Å². The van der Waals surface area contributed by atoms with E-state index in [1.54, 1.807) is 6.92 Å². The molecule has 96 valence electrons. The van der Waals surface area contributed by atoms with Crippen molar-refractivity contribution in [1.82, 2.24) is 15.5 Å². The molecule has 2 aromatic rings. The van der Waals surface area contributed by atoms with Gasteiger partial charge in [-0.2, -0.15) is 4.98 Å². The Hall–Kier alpha value is -1.68. The fourth-order valence-corrected chi connectivity index (χ4v) is 1.84. The van der Waals surface area contributed by atoms with E-state index in [1.165, 1.54) is 12.0 Å². The molecule has 0 saturated heterocycles. The maximum atomic E-state index is 4.90. The van der Waals surface area contributed by atoms with E-state index in [0.29, 0.717) is 12.4 Å². The van der Waals surface area contributed by atoms with Crippen LogP contribution in [0, 0.1) is 6.92 Å². The van der Waals surface area contributed by atoms with Crippen LogP contribution in [-0.4, -0.2) is 16.7 Å². The SMILES string of the molecule is Cc1nc(CNCCCCc2ccccc2)no1. The van der Waals surface area contributed by atoms with Gasteiger partial charge < -0.3 is 9.84 Å². The van der Waals surface area contributed by atoms with Crippen LogP contribution in [-0.2, 0) is 13.0 Å². The summed E-state index contributed by atoms with van der Waals surface area (Å²) in [6, 6.07) is 10.6. The molecule has 0 aliphatic rings. The quantitative estimate of drug-likeness (QED) is 0.761. The van der Waals surface area contributed by atoms with Gasteiger partial charge >= 0.3 is 0 Å². The molecule has 1 aromatic heterocycles. The fraction of sp³-hybridized carbons (Fsp3) is 0.429. The lowest BCUT2D eigenvalue weighted by molar-refractivity contribution is 0.385. The average molecular weight is 245 g/mol. The first-order valence-corrected chi connectivity index (χ1v) is 6.38. The van der Waals surface area contributed by atoms with Crippen LogP contribution in [0.4, 0.5) is 0 Å². The molecule has 0 radical (unpaired) electrons. The zero-order valence-electron chi connectivity index (χ0n) is 10.7. The molecule has 0 atom stereocenters. The number of hydrogen-bond donors (Lipinski definition) is 1. The van der Waals surface area contributed by atoms with Crippen LogP contribution in [0.1, 0.15) is 30.1 Å². The van der Waals surface area contributed by atoms with Gasteiger partial charge in [0, 0.05) is 6.92 Å². The first-order chi connectivity index (χ1) is 8.84. The molecule has 0 spiro atoms. The summed E-state index contributed by atoms with van der Waals surface area (Å²) in [6.07, 6.45) is 3.50. The number of unbranched alkanes of at least 4 members (excludes halogenated alkanes) is 1. The molecule has 0 unspecified atom stereocenters. The van der Waals surface area contributed by atoms with E-state index < -0.39 is 0 Å². The lowest BCUT2D eigenvalue weighted by Gasteiger charge is -2.02. The molecule has 1 aromatic carbocycles. The highest BCUT2D eigenvalue weighted by Gasteiger charge is 2.00. The molecule has 18 heavy (non-hydrogen) atoms. The Morgan fingerprint density at radius 2 is 2.00 bits per heavy atom. The van der Waals surface area contributed by atoms with Gasteiger partial charge in [-0.3, -0.25) is 0 Å². The third-order valence-electron chi connectivity index (χ3n) is 2.76. The summed E-state index contributed by atoms with van der Waals surface area (Å²) < 4.78 is 4.90. The monoisotopic (exact) mass is 245 g/mol. The number of aromatic nitrogens is 2. The van der Waals surface area contributed by atoms with Gasteiger partial charge in [0.2, 0.25) is 5.89 Å². The predicted molar refractivity (Wildman–Crippen MR) is 70.1 cm³/mol. The van der Waals surface area contributed by atoms with Gasteiger partial charge in [0.25, 0.3) is 0 Å². The molecule has 2 rings (SSSR count). The van der Waals surface area contributed by atoms with Crippen LogP contribution in [0.25, 0.3) is 0 Å². The van der Waals surface area contributed by atoms with Crippen molar-refractivity contribution in [2.45, 2.75) is 32.7 Å². The van der Waals surface area contributed by atoms with Crippen molar-refractivity contribution in [3.63, 3.8) is 0 Å². The fourth-order valence-electron chi connectivity index (χ4n) is 1.84. The third kappa shape index (κ3) is 4.30. The topological polar surface area (TPSA) is 51.0 Å². The van der Waals surface area contributed by atoms with Gasteiger partial charge in [0.05, 0.1) is 6.54 Å². The molecular weight excluding hydrogens is 226 g/mol. The minimum Gasteiger partial charge on any atom is -0.340 e. The molecule has 1 N–H and O–H groups in total. The van der Waals surface area contributed by atoms with Crippen LogP contribution in [0.2, 0.25) is 0 Å². The van der Waals surface area contributed by atoms with Crippen molar-refractivity contribution in [3.8, 4) is 0 Å². The van der Waals surface area contributed by atoms with E-state index in [1.807, 2.05) is 0 Å². The zero-order chi connectivity index (χ0) is 12.6. The highest BCUT2D eigenvalue weighted by Crippen LogP contribution is 2.03. The highest BCUT2D eigenvalue weighted by molar-refractivity contribution is 5.14. The largest absolute Gasteiger partial charge is 0.340 e. The Kier molecular flexibility index (Phi) is 4.90. The summed E-state index contributed by atoms with van der Waals surface area (Å²) in [5.41, 5.74) is 1.41. The Labute approximate surface area is 107 Å². The Morgan fingerprint density at radius 3 is 2.72 bits per heavy atom. The first-order valence-electron chi connectivity index (χ1n) is 6.38. The Balaban J connectivity index is 1.54. The van der Waals surface area contributed by atoms with Crippen molar-refractivity contribution in [2.75, 3.05) is 6.54 Å². The summed E-state index contributed by atoms with van der Waals surface area (Å²) in [4.78, 5) is 4.14. The first kappa shape index (κ1) is 12.8. The summed E-state index contributed by atoms with van der Waals surface area (Å²) >= 11 is 0. The number of aryl methyl sites for hydroxylation is 2. The van der Waals surface area contributed by atoms with Crippen LogP contribution in [0.15, 0.2) is 34.9 Å². The summed E-state index contributed by atoms with van der Waals surface area (Å²) in [6.45, 7) is 3.47. The highest BCUT2D eigenvalue weighted by atomic mass is 16.5. The summed E-state index contributed by atoms with van der Waals surface area (Å²) in [5, 5.41) is 7.15. The average Bonchev–Trinajstić information content (AvgIpc) is 2.81. The van der Waals surface area contributed by atoms with Gasteiger partial charge in [0.1, 0.15) is 0 Å². The lowest BCUT2D eigenvalue weighted by Crippen LogP contribution is -2.15. The number of hydrogen-bond acceptors (Lipinski definition) is 4. The number of rotatable bonds is 7. The van der Waals surface area contributed by atoms with E-state index >= 15 is 0 Å². The molecule has 0 bridgehead atoms. The van der Waals surface area contributed by atoms with Gasteiger partial charge in [-0.05, 0) is 31.4 Å². The van der Waals surface area contributed by atoms with E-state index in [9.17, 15) is 0 Å². The second kappa shape index (κ2) is 6.91. The Morgan fingerprint density at radius 1 is 1.17 bits per heavy atom. The van der Waals surface area contributed by atoms with Crippen molar-refractivity contribution < 1.29 is 4.52 Å². The lowest BCUT2D eigenvalue weighted by atomic mass is 10.1. The minimum atomic E-state index is 0.621. The van der Waals surface area contributed by atoms with Gasteiger partial charge in [0.15, 0.2) is 5.82 Å². The van der Waals surface area contributed by atoms with Crippen molar-refractivity contribution in [1.29, 1.82) is 0 Å². The van der Waals surface area contributed by atoms with E-state index in [2.05, 4.69) is 45.8 Å². The smallest absolute Gasteiger partial charge is 0.223 e.